The Morgan fingerprint density at radius 3 is 2.55 bits per heavy atom. The largest absolute Gasteiger partial charge is 0.382 e. The van der Waals surface area contributed by atoms with Gasteiger partial charge in [0.15, 0.2) is 0 Å². The summed E-state index contributed by atoms with van der Waals surface area (Å²) in [6.07, 6.45) is 0.0830. The van der Waals surface area contributed by atoms with Gasteiger partial charge in [-0.05, 0) is 30.3 Å². The highest BCUT2D eigenvalue weighted by Crippen LogP contribution is 2.25. The van der Waals surface area contributed by atoms with Gasteiger partial charge in [0.1, 0.15) is 11.6 Å². The monoisotopic (exact) mass is 344 g/mol. The summed E-state index contributed by atoms with van der Waals surface area (Å²) in [7, 11) is 0. The van der Waals surface area contributed by atoms with Crippen molar-refractivity contribution in [2.45, 2.75) is 6.42 Å². The summed E-state index contributed by atoms with van der Waals surface area (Å²) in [5, 5.41) is 6.15. The Bertz CT molecular complexity index is 695. The minimum Gasteiger partial charge on any atom is -0.382 e. The molecule has 2 rings (SSSR count). The number of hydrogen-bond acceptors (Lipinski definition) is 2. The average molecular weight is 345 g/mol. The van der Waals surface area contributed by atoms with Gasteiger partial charge in [-0.1, -0.05) is 23.2 Å². The second kappa shape index (κ2) is 7.42. The van der Waals surface area contributed by atoms with Gasteiger partial charge < -0.3 is 10.6 Å². The summed E-state index contributed by atoms with van der Waals surface area (Å²) >= 11 is 11.8. The van der Waals surface area contributed by atoms with Crippen LogP contribution in [0.3, 0.4) is 0 Å². The smallest absolute Gasteiger partial charge is 0.226 e. The predicted molar refractivity (Wildman–Crippen MR) is 84.6 cm³/mol. The molecule has 7 heteroatoms. The lowest BCUT2D eigenvalue weighted by Crippen LogP contribution is -2.16. The molecule has 0 aliphatic rings. The van der Waals surface area contributed by atoms with Crippen LogP contribution in [-0.4, -0.2) is 12.5 Å². The highest BCUT2D eigenvalue weighted by Gasteiger charge is 2.08. The van der Waals surface area contributed by atoms with Crippen LogP contribution in [0, 0.1) is 11.6 Å². The standard InChI is InChI=1S/C15H12Cl2F2N2O/c16-9-1-3-11(17)14(7-9)21-15(22)5-6-20-13-4-2-10(18)8-12(13)19/h1-4,7-8,20H,5-6H2,(H,21,22). The summed E-state index contributed by atoms with van der Waals surface area (Å²) in [6.45, 7) is 0.187. The fraction of sp³-hybridized carbons (Fsp3) is 0.133. The third-order valence-corrected chi connectivity index (χ3v) is 3.37. The van der Waals surface area contributed by atoms with E-state index in [9.17, 15) is 13.6 Å². The van der Waals surface area contributed by atoms with Crippen LogP contribution in [0.2, 0.25) is 10.0 Å². The van der Waals surface area contributed by atoms with Crippen LogP contribution in [0.5, 0.6) is 0 Å². The van der Waals surface area contributed by atoms with Gasteiger partial charge in [-0.25, -0.2) is 8.78 Å². The van der Waals surface area contributed by atoms with E-state index >= 15 is 0 Å². The number of rotatable bonds is 5. The van der Waals surface area contributed by atoms with E-state index < -0.39 is 11.6 Å². The molecule has 0 heterocycles. The molecule has 1 amide bonds. The molecule has 22 heavy (non-hydrogen) atoms. The summed E-state index contributed by atoms with van der Waals surface area (Å²) in [5.41, 5.74) is 0.544. The molecule has 3 nitrogen and oxygen atoms in total. The van der Waals surface area contributed by atoms with E-state index in [1.807, 2.05) is 0 Å². The third-order valence-electron chi connectivity index (χ3n) is 2.80. The first-order valence-corrected chi connectivity index (χ1v) is 7.15. The van der Waals surface area contributed by atoms with Crippen LogP contribution in [0.4, 0.5) is 20.2 Å². The molecule has 0 atom stereocenters. The minimum absolute atomic E-state index is 0.0830. The highest BCUT2D eigenvalue weighted by molar-refractivity contribution is 6.35. The third kappa shape index (κ3) is 4.58. The minimum atomic E-state index is -0.710. The number of halogens is 4. The Morgan fingerprint density at radius 1 is 1.05 bits per heavy atom. The first-order valence-electron chi connectivity index (χ1n) is 6.39. The Labute approximate surface area is 136 Å². The fourth-order valence-electron chi connectivity index (χ4n) is 1.75. The molecule has 0 radical (unpaired) electrons. The lowest BCUT2D eigenvalue weighted by Gasteiger charge is -2.09. The van der Waals surface area contributed by atoms with Crippen LogP contribution in [-0.2, 0) is 4.79 Å². The first kappa shape index (κ1) is 16.5. The van der Waals surface area contributed by atoms with Gasteiger partial charge >= 0.3 is 0 Å². The number of carbonyl (C=O) groups excluding carboxylic acids is 1. The maximum atomic E-state index is 13.4. The van der Waals surface area contributed by atoms with Gasteiger partial charge in [-0.15, -0.1) is 0 Å². The van der Waals surface area contributed by atoms with E-state index in [0.29, 0.717) is 15.7 Å². The van der Waals surface area contributed by atoms with E-state index in [0.717, 1.165) is 12.1 Å². The molecule has 0 bridgehead atoms. The first-order chi connectivity index (χ1) is 10.5. The molecular formula is C15H12Cl2F2N2O. The molecule has 0 aromatic heterocycles. The molecule has 0 fully saturated rings. The van der Waals surface area contributed by atoms with Crippen molar-refractivity contribution in [2.75, 3.05) is 17.2 Å². The van der Waals surface area contributed by atoms with Crippen LogP contribution in [0.25, 0.3) is 0 Å². The molecular weight excluding hydrogens is 333 g/mol. The van der Waals surface area contributed by atoms with Crippen LogP contribution in [0.1, 0.15) is 6.42 Å². The molecule has 2 N–H and O–H groups in total. The maximum absolute atomic E-state index is 13.4. The summed E-state index contributed by atoms with van der Waals surface area (Å²) in [6, 6.07) is 7.90. The number of amides is 1. The van der Waals surface area contributed by atoms with Crippen LogP contribution in [0.15, 0.2) is 36.4 Å². The van der Waals surface area contributed by atoms with Crippen molar-refractivity contribution >= 4 is 40.5 Å². The fourth-order valence-corrected chi connectivity index (χ4v) is 2.09. The quantitative estimate of drug-likeness (QED) is 0.824. The van der Waals surface area contributed by atoms with Gasteiger partial charge in [0.2, 0.25) is 5.91 Å². The molecule has 0 unspecified atom stereocenters. The zero-order valence-corrected chi connectivity index (χ0v) is 12.8. The van der Waals surface area contributed by atoms with Gasteiger partial charge in [0.25, 0.3) is 0 Å². The van der Waals surface area contributed by atoms with E-state index in [1.54, 1.807) is 12.1 Å². The molecule has 116 valence electrons. The van der Waals surface area contributed by atoms with Crippen molar-refractivity contribution in [1.29, 1.82) is 0 Å². The molecule has 0 spiro atoms. The summed E-state index contributed by atoms with van der Waals surface area (Å²) < 4.78 is 26.1. The number of carbonyl (C=O) groups is 1. The second-order valence-corrected chi connectivity index (χ2v) is 5.32. The molecule has 2 aromatic carbocycles. The van der Waals surface area contributed by atoms with Crippen molar-refractivity contribution in [2.24, 2.45) is 0 Å². The van der Waals surface area contributed by atoms with Crippen molar-refractivity contribution in [3.63, 3.8) is 0 Å². The van der Waals surface area contributed by atoms with Gasteiger partial charge in [-0.2, -0.15) is 0 Å². The van der Waals surface area contributed by atoms with Crippen molar-refractivity contribution in [1.82, 2.24) is 0 Å². The van der Waals surface area contributed by atoms with Crippen molar-refractivity contribution < 1.29 is 13.6 Å². The van der Waals surface area contributed by atoms with E-state index in [4.69, 9.17) is 23.2 Å². The normalized spacial score (nSPS) is 10.4. The van der Waals surface area contributed by atoms with Gasteiger partial charge in [0, 0.05) is 24.1 Å². The number of nitrogens with one attached hydrogen (secondary N) is 2. The van der Waals surface area contributed by atoms with Gasteiger partial charge in [-0.3, -0.25) is 4.79 Å². The molecule has 0 aliphatic carbocycles. The van der Waals surface area contributed by atoms with Crippen molar-refractivity contribution in [3.05, 3.63) is 58.1 Å². The molecule has 2 aromatic rings. The van der Waals surface area contributed by atoms with E-state index in [1.165, 1.54) is 12.1 Å². The lowest BCUT2D eigenvalue weighted by molar-refractivity contribution is -0.115. The summed E-state index contributed by atoms with van der Waals surface area (Å²) in [4.78, 5) is 11.8. The predicted octanol–water partition coefficient (Wildman–Crippen LogP) is 4.71. The highest BCUT2D eigenvalue weighted by atomic mass is 35.5. The summed E-state index contributed by atoms with van der Waals surface area (Å²) in [5.74, 6) is -1.67. The number of benzene rings is 2. The second-order valence-electron chi connectivity index (χ2n) is 4.47. The van der Waals surface area contributed by atoms with E-state index in [-0.39, 0.29) is 24.6 Å². The Morgan fingerprint density at radius 2 is 1.82 bits per heavy atom. The van der Waals surface area contributed by atoms with Crippen LogP contribution >= 0.6 is 23.2 Å². The van der Waals surface area contributed by atoms with E-state index in [2.05, 4.69) is 10.6 Å². The average Bonchev–Trinajstić information content (AvgIpc) is 2.45. The molecule has 0 aliphatic heterocycles. The maximum Gasteiger partial charge on any atom is 0.226 e. The van der Waals surface area contributed by atoms with Crippen molar-refractivity contribution in [3.8, 4) is 0 Å². The molecule has 0 saturated carbocycles. The Hall–Kier alpha value is -1.85. The Kier molecular flexibility index (Phi) is 5.57. The Balaban J connectivity index is 1.86. The van der Waals surface area contributed by atoms with Gasteiger partial charge in [0.05, 0.1) is 16.4 Å². The zero-order chi connectivity index (χ0) is 16.1. The number of anilines is 2. The van der Waals surface area contributed by atoms with Crippen LogP contribution < -0.4 is 10.6 Å². The zero-order valence-electron chi connectivity index (χ0n) is 11.3. The lowest BCUT2D eigenvalue weighted by atomic mass is 10.2. The molecule has 0 saturated heterocycles. The topological polar surface area (TPSA) is 41.1 Å². The SMILES string of the molecule is O=C(CCNc1ccc(F)cc1F)Nc1cc(Cl)ccc1Cl. The number of hydrogen-bond donors (Lipinski definition) is 2.